The van der Waals surface area contributed by atoms with E-state index in [9.17, 15) is 4.79 Å². The Balaban J connectivity index is 1.37. The quantitative estimate of drug-likeness (QED) is 0.790. The molecule has 2 aliphatic rings. The van der Waals surface area contributed by atoms with Gasteiger partial charge < -0.3 is 9.80 Å². The van der Waals surface area contributed by atoms with Gasteiger partial charge in [0.2, 0.25) is 0 Å². The van der Waals surface area contributed by atoms with E-state index in [1.165, 1.54) is 12.8 Å². The van der Waals surface area contributed by atoms with Gasteiger partial charge in [-0.3, -0.25) is 4.79 Å². The molecule has 0 bridgehead atoms. The summed E-state index contributed by atoms with van der Waals surface area (Å²) in [5, 5.41) is 8.75. The van der Waals surface area contributed by atoms with Gasteiger partial charge in [0.15, 0.2) is 5.82 Å². The molecule has 1 aromatic heterocycles. The molecular formula is C19H22N4OS. The second-order valence-corrected chi connectivity index (χ2v) is 7.48. The van der Waals surface area contributed by atoms with Crippen LogP contribution in [0.15, 0.2) is 41.3 Å². The first kappa shape index (κ1) is 16.4. The van der Waals surface area contributed by atoms with Crippen LogP contribution >= 0.6 is 11.8 Å². The first-order chi connectivity index (χ1) is 12.2. The average molecular weight is 354 g/mol. The number of carbonyl (C=O) groups excluding carboxylic acids is 1. The number of amides is 1. The molecule has 1 saturated carbocycles. The zero-order valence-corrected chi connectivity index (χ0v) is 15.2. The Kier molecular flexibility index (Phi) is 4.61. The van der Waals surface area contributed by atoms with Crippen LogP contribution in [0.1, 0.15) is 34.8 Å². The second-order valence-electron chi connectivity index (χ2n) is 6.60. The predicted octanol–water partition coefficient (Wildman–Crippen LogP) is 3.04. The SMILES string of the molecule is CSc1cccc(C(=O)N2CCN(c3ccc(C4CC4)nn3)CC2)c1. The summed E-state index contributed by atoms with van der Waals surface area (Å²) in [5.41, 5.74) is 1.89. The van der Waals surface area contributed by atoms with Crippen LogP contribution in [-0.4, -0.2) is 53.4 Å². The number of hydrogen-bond acceptors (Lipinski definition) is 5. The first-order valence-corrected chi connectivity index (χ1v) is 9.99. The largest absolute Gasteiger partial charge is 0.352 e. The Morgan fingerprint density at radius 3 is 2.52 bits per heavy atom. The number of anilines is 1. The topological polar surface area (TPSA) is 49.3 Å². The molecule has 1 aliphatic carbocycles. The highest BCUT2D eigenvalue weighted by molar-refractivity contribution is 7.98. The molecule has 0 unspecified atom stereocenters. The maximum atomic E-state index is 12.7. The third-order valence-electron chi connectivity index (χ3n) is 4.87. The fourth-order valence-corrected chi connectivity index (χ4v) is 3.64. The Labute approximate surface area is 152 Å². The van der Waals surface area contributed by atoms with Gasteiger partial charge >= 0.3 is 0 Å². The van der Waals surface area contributed by atoms with Crippen LogP contribution in [0.2, 0.25) is 0 Å². The van der Waals surface area contributed by atoms with Crippen molar-refractivity contribution in [2.24, 2.45) is 0 Å². The molecule has 0 atom stereocenters. The molecule has 2 heterocycles. The van der Waals surface area contributed by atoms with Crippen molar-refractivity contribution in [3.05, 3.63) is 47.7 Å². The molecule has 1 aliphatic heterocycles. The van der Waals surface area contributed by atoms with Gasteiger partial charge in [-0.1, -0.05) is 6.07 Å². The summed E-state index contributed by atoms with van der Waals surface area (Å²) < 4.78 is 0. The smallest absolute Gasteiger partial charge is 0.254 e. The number of piperazine rings is 1. The minimum Gasteiger partial charge on any atom is -0.352 e. The molecule has 1 aromatic carbocycles. The van der Waals surface area contributed by atoms with E-state index in [0.717, 1.165) is 35.1 Å². The lowest BCUT2D eigenvalue weighted by atomic mass is 10.2. The van der Waals surface area contributed by atoms with Crippen molar-refractivity contribution in [1.29, 1.82) is 0 Å². The highest BCUT2D eigenvalue weighted by Gasteiger charge is 2.26. The lowest BCUT2D eigenvalue weighted by Gasteiger charge is -2.35. The lowest BCUT2D eigenvalue weighted by Crippen LogP contribution is -2.49. The molecule has 0 N–H and O–H groups in total. The molecule has 130 valence electrons. The van der Waals surface area contributed by atoms with E-state index in [2.05, 4.69) is 27.2 Å². The van der Waals surface area contributed by atoms with Crippen LogP contribution in [0, 0.1) is 0 Å². The Morgan fingerprint density at radius 1 is 1.08 bits per heavy atom. The van der Waals surface area contributed by atoms with Crippen LogP contribution in [0.3, 0.4) is 0 Å². The maximum absolute atomic E-state index is 12.7. The summed E-state index contributed by atoms with van der Waals surface area (Å²) in [6, 6.07) is 12.0. The molecule has 2 aromatic rings. The Hall–Kier alpha value is -2.08. The van der Waals surface area contributed by atoms with Gasteiger partial charge in [-0.25, -0.2) is 0 Å². The number of rotatable bonds is 4. The van der Waals surface area contributed by atoms with Gasteiger partial charge in [-0.15, -0.1) is 16.9 Å². The Morgan fingerprint density at radius 2 is 1.88 bits per heavy atom. The predicted molar refractivity (Wildman–Crippen MR) is 100 cm³/mol. The summed E-state index contributed by atoms with van der Waals surface area (Å²) in [5.74, 6) is 1.67. The normalized spacial score (nSPS) is 17.6. The molecule has 4 rings (SSSR count). The molecule has 0 spiro atoms. The van der Waals surface area contributed by atoms with E-state index in [4.69, 9.17) is 0 Å². The molecule has 5 nitrogen and oxygen atoms in total. The van der Waals surface area contributed by atoms with Gasteiger partial charge in [0, 0.05) is 42.6 Å². The van der Waals surface area contributed by atoms with Crippen LogP contribution in [0.5, 0.6) is 0 Å². The van der Waals surface area contributed by atoms with Crippen molar-refractivity contribution in [3.63, 3.8) is 0 Å². The number of aromatic nitrogens is 2. The minimum atomic E-state index is 0.116. The zero-order valence-electron chi connectivity index (χ0n) is 14.4. The minimum absolute atomic E-state index is 0.116. The molecule has 2 fully saturated rings. The summed E-state index contributed by atoms with van der Waals surface area (Å²) in [6.45, 7) is 3.03. The summed E-state index contributed by atoms with van der Waals surface area (Å²) in [6.07, 6.45) is 4.51. The second kappa shape index (κ2) is 7.04. The van der Waals surface area contributed by atoms with E-state index in [1.54, 1.807) is 11.8 Å². The fourth-order valence-electron chi connectivity index (χ4n) is 3.18. The molecule has 25 heavy (non-hydrogen) atoms. The standard InChI is InChI=1S/C19H22N4OS/c1-25-16-4-2-3-15(13-16)19(24)23-11-9-22(10-12-23)18-8-7-17(20-21-18)14-5-6-14/h2-4,7-8,13-14H,5-6,9-12H2,1H3. The van der Waals surface area contributed by atoms with Crippen molar-refractivity contribution in [2.45, 2.75) is 23.7 Å². The molecule has 1 saturated heterocycles. The number of benzene rings is 1. The van der Waals surface area contributed by atoms with Crippen molar-refractivity contribution in [3.8, 4) is 0 Å². The average Bonchev–Trinajstić information content (AvgIpc) is 3.53. The highest BCUT2D eigenvalue weighted by Crippen LogP contribution is 2.38. The molecule has 6 heteroatoms. The van der Waals surface area contributed by atoms with Gasteiger partial charge in [0.25, 0.3) is 5.91 Å². The third kappa shape index (κ3) is 3.63. The van der Waals surface area contributed by atoms with E-state index in [-0.39, 0.29) is 5.91 Å². The van der Waals surface area contributed by atoms with E-state index in [1.807, 2.05) is 35.4 Å². The summed E-state index contributed by atoms with van der Waals surface area (Å²) in [7, 11) is 0. The summed E-state index contributed by atoms with van der Waals surface area (Å²) in [4.78, 5) is 18.0. The first-order valence-electron chi connectivity index (χ1n) is 8.76. The third-order valence-corrected chi connectivity index (χ3v) is 5.60. The number of hydrogen-bond donors (Lipinski definition) is 0. The van der Waals surface area contributed by atoms with Gasteiger partial charge in [-0.2, -0.15) is 5.10 Å². The summed E-state index contributed by atoms with van der Waals surface area (Å²) >= 11 is 1.66. The van der Waals surface area contributed by atoms with E-state index < -0.39 is 0 Å². The monoisotopic (exact) mass is 354 g/mol. The maximum Gasteiger partial charge on any atom is 0.254 e. The van der Waals surface area contributed by atoms with E-state index in [0.29, 0.717) is 19.0 Å². The van der Waals surface area contributed by atoms with E-state index >= 15 is 0 Å². The molecular weight excluding hydrogens is 332 g/mol. The molecule has 0 radical (unpaired) electrons. The highest BCUT2D eigenvalue weighted by atomic mass is 32.2. The van der Waals surface area contributed by atoms with Gasteiger partial charge in [0.1, 0.15) is 0 Å². The van der Waals surface area contributed by atoms with Crippen LogP contribution in [0.4, 0.5) is 5.82 Å². The van der Waals surface area contributed by atoms with Crippen LogP contribution in [-0.2, 0) is 0 Å². The van der Waals surface area contributed by atoms with Gasteiger partial charge in [0.05, 0.1) is 5.69 Å². The van der Waals surface area contributed by atoms with Crippen molar-refractivity contribution < 1.29 is 4.79 Å². The molecule has 1 amide bonds. The van der Waals surface area contributed by atoms with Gasteiger partial charge in [-0.05, 0) is 49.4 Å². The Bertz CT molecular complexity index is 752. The van der Waals surface area contributed by atoms with Crippen LogP contribution in [0.25, 0.3) is 0 Å². The number of carbonyl (C=O) groups is 1. The van der Waals surface area contributed by atoms with Crippen molar-refractivity contribution >= 4 is 23.5 Å². The van der Waals surface area contributed by atoms with Crippen molar-refractivity contribution in [2.75, 3.05) is 37.3 Å². The van der Waals surface area contributed by atoms with Crippen LogP contribution < -0.4 is 4.90 Å². The fraction of sp³-hybridized carbons (Fsp3) is 0.421. The number of nitrogens with zero attached hydrogens (tertiary/aromatic N) is 4. The number of thioether (sulfide) groups is 1. The van der Waals surface area contributed by atoms with Crippen molar-refractivity contribution in [1.82, 2.24) is 15.1 Å². The zero-order chi connectivity index (χ0) is 17.2. The lowest BCUT2D eigenvalue weighted by molar-refractivity contribution is 0.0746.